The van der Waals surface area contributed by atoms with E-state index in [0.29, 0.717) is 5.57 Å². The van der Waals surface area contributed by atoms with E-state index in [4.69, 9.17) is 4.74 Å². The summed E-state index contributed by atoms with van der Waals surface area (Å²) in [5, 5.41) is 10.9. The molecule has 2 aromatic carbocycles. The van der Waals surface area contributed by atoms with E-state index in [-0.39, 0.29) is 0 Å². The summed E-state index contributed by atoms with van der Waals surface area (Å²) in [5.74, 6) is -0.508. The van der Waals surface area contributed by atoms with Crippen LogP contribution >= 0.6 is 15.9 Å². The number of carbonyl (C=O) groups is 1. The van der Waals surface area contributed by atoms with Crippen molar-refractivity contribution >= 4 is 27.5 Å². The van der Waals surface area contributed by atoms with Gasteiger partial charge in [-0.25, -0.2) is 0 Å². The molecule has 0 saturated carbocycles. The summed E-state index contributed by atoms with van der Waals surface area (Å²) in [6.07, 6.45) is 1.10. The van der Waals surface area contributed by atoms with Gasteiger partial charge in [-0.2, -0.15) is 0 Å². The number of ether oxygens (including phenoxy) is 1. The molecule has 0 bridgehead atoms. The monoisotopic (exact) mass is 331 g/mol. The zero-order valence-electron chi connectivity index (χ0n) is 10.8. The van der Waals surface area contributed by atoms with Crippen molar-refractivity contribution in [3.05, 3.63) is 70.2 Å². The summed E-state index contributed by atoms with van der Waals surface area (Å²) in [4.78, 5) is 10.9. The smallest absolute Gasteiger partial charge is 0.118 e. The molecule has 2 rings (SSSR count). The summed E-state index contributed by atoms with van der Waals surface area (Å²) in [7, 11) is 1.58. The second-order valence-electron chi connectivity index (χ2n) is 4.12. The normalized spacial score (nSPS) is 11.2. The highest BCUT2D eigenvalue weighted by molar-refractivity contribution is 9.10. The number of carbonyl (C=O) groups excluding carboxylic acids is 1. The van der Waals surface area contributed by atoms with E-state index < -0.39 is 5.97 Å². The summed E-state index contributed by atoms with van der Waals surface area (Å²) < 4.78 is 5.98. The van der Waals surface area contributed by atoms with Crippen LogP contribution in [0.2, 0.25) is 0 Å². The zero-order valence-corrected chi connectivity index (χ0v) is 12.4. The van der Waals surface area contributed by atoms with E-state index in [1.54, 1.807) is 19.2 Å². The second-order valence-corrected chi connectivity index (χ2v) is 5.03. The standard InChI is InChI=1S/C16H13BrO3/c1-20-14-7-5-11(6-8-14)15(10-16(18)19)12-3-2-4-13(17)9-12/h2-10H,1H3,(H,18,19)/p-1/b15-10-. The fraction of sp³-hybridized carbons (Fsp3) is 0.0625. The van der Waals surface area contributed by atoms with Gasteiger partial charge < -0.3 is 14.6 Å². The molecule has 2 aromatic rings. The number of hydrogen-bond donors (Lipinski definition) is 0. The minimum atomic E-state index is -1.23. The van der Waals surface area contributed by atoms with E-state index in [0.717, 1.165) is 27.4 Å². The summed E-state index contributed by atoms with van der Waals surface area (Å²) >= 11 is 3.38. The molecule has 0 heterocycles. The maximum Gasteiger partial charge on any atom is 0.118 e. The number of hydrogen-bond acceptors (Lipinski definition) is 3. The first kappa shape index (κ1) is 14.3. The Balaban J connectivity index is 2.50. The van der Waals surface area contributed by atoms with Crippen molar-refractivity contribution in [3.63, 3.8) is 0 Å². The number of carboxylic acid groups (broad SMARTS) is 1. The number of carboxylic acids is 1. The maximum absolute atomic E-state index is 10.9. The molecular weight excluding hydrogens is 320 g/mol. The lowest BCUT2D eigenvalue weighted by atomic mass is 9.97. The van der Waals surface area contributed by atoms with Crippen LogP contribution in [0.1, 0.15) is 11.1 Å². The molecular formula is C16H12BrO3-. The van der Waals surface area contributed by atoms with Crippen LogP contribution in [0, 0.1) is 0 Å². The number of benzene rings is 2. The van der Waals surface area contributed by atoms with Gasteiger partial charge in [0, 0.05) is 4.47 Å². The van der Waals surface area contributed by atoms with Crippen LogP contribution in [0.4, 0.5) is 0 Å². The third kappa shape index (κ3) is 3.48. The van der Waals surface area contributed by atoms with Crippen molar-refractivity contribution in [1.82, 2.24) is 0 Å². The summed E-state index contributed by atoms with van der Waals surface area (Å²) in [6.45, 7) is 0. The molecule has 0 radical (unpaired) electrons. The second kappa shape index (κ2) is 6.39. The highest BCUT2D eigenvalue weighted by Crippen LogP contribution is 2.27. The van der Waals surface area contributed by atoms with Gasteiger partial charge in [0.15, 0.2) is 0 Å². The Morgan fingerprint density at radius 1 is 1.15 bits per heavy atom. The van der Waals surface area contributed by atoms with Gasteiger partial charge in [0.05, 0.1) is 13.1 Å². The van der Waals surface area contributed by atoms with E-state index in [9.17, 15) is 9.90 Å². The average molecular weight is 332 g/mol. The van der Waals surface area contributed by atoms with Crippen LogP contribution in [0.5, 0.6) is 5.75 Å². The van der Waals surface area contributed by atoms with Gasteiger partial charge in [-0.15, -0.1) is 0 Å². The van der Waals surface area contributed by atoms with E-state index >= 15 is 0 Å². The number of halogens is 1. The quantitative estimate of drug-likeness (QED) is 0.809. The highest BCUT2D eigenvalue weighted by Gasteiger charge is 2.06. The molecule has 0 amide bonds. The average Bonchev–Trinajstić information content (AvgIpc) is 2.45. The molecule has 0 atom stereocenters. The van der Waals surface area contributed by atoms with Crippen molar-refractivity contribution in [1.29, 1.82) is 0 Å². The fourth-order valence-corrected chi connectivity index (χ4v) is 2.28. The largest absolute Gasteiger partial charge is 0.545 e. The topological polar surface area (TPSA) is 49.4 Å². The molecule has 0 aliphatic carbocycles. The van der Waals surface area contributed by atoms with Gasteiger partial charge in [0.2, 0.25) is 0 Å². The maximum atomic E-state index is 10.9. The van der Waals surface area contributed by atoms with Crippen LogP contribution in [0.25, 0.3) is 5.57 Å². The molecule has 0 spiro atoms. The van der Waals surface area contributed by atoms with Gasteiger partial charge in [-0.1, -0.05) is 40.2 Å². The Morgan fingerprint density at radius 2 is 1.85 bits per heavy atom. The lowest BCUT2D eigenvalue weighted by molar-refractivity contribution is -0.297. The van der Waals surface area contributed by atoms with Crippen molar-refractivity contribution in [2.45, 2.75) is 0 Å². The first-order valence-electron chi connectivity index (χ1n) is 5.93. The minimum Gasteiger partial charge on any atom is -0.545 e. The van der Waals surface area contributed by atoms with Crippen LogP contribution in [0.15, 0.2) is 59.1 Å². The first-order chi connectivity index (χ1) is 9.60. The van der Waals surface area contributed by atoms with Gasteiger partial charge in [0.25, 0.3) is 0 Å². The molecule has 0 aliphatic rings. The molecule has 0 unspecified atom stereocenters. The Kier molecular flexibility index (Phi) is 4.58. The predicted molar refractivity (Wildman–Crippen MR) is 79.2 cm³/mol. The predicted octanol–water partition coefficient (Wildman–Crippen LogP) is 2.64. The molecule has 0 saturated heterocycles. The fourth-order valence-electron chi connectivity index (χ4n) is 1.88. The van der Waals surface area contributed by atoms with Crippen LogP contribution < -0.4 is 9.84 Å². The Labute approximate surface area is 125 Å². The Bertz CT molecular complexity index is 645. The van der Waals surface area contributed by atoms with E-state index in [2.05, 4.69) is 15.9 Å². The molecule has 0 aromatic heterocycles. The lowest BCUT2D eigenvalue weighted by Crippen LogP contribution is -2.19. The van der Waals surface area contributed by atoms with Crippen molar-refractivity contribution in [2.75, 3.05) is 7.11 Å². The first-order valence-corrected chi connectivity index (χ1v) is 6.72. The molecule has 20 heavy (non-hydrogen) atoms. The van der Waals surface area contributed by atoms with Gasteiger partial charge >= 0.3 is 0 Å². The highest BCUT2D eigenvalue weighted by atomic mass is 79.9. The molecule has 0 aliphatic heterocycles. The Hall–Kier alpha value is -2.07. The third-order valence-corrected chi connectivity index (χ3v) is 3.29. The number of rotatable bonds is 4. The summed E-state index contributed by atoms with van der Waals surface area (Å²) in [6, 6.07) is 14.7. The third-order valence-electron chi connectivity index (χ3n) is 2.80. The molecule has 102 valence electrons. The minimum absolute atomic E-state index is 0.592. The van der Waals surface area contributed by atoms with Crippen molar-refractivity contribution < 1.29 is 14.6 Å². The number of methoxy groups -OCH3 is 1. The van der Waals surface area contributed by atoms with Gasteiger partial charge in [-0.3, -0.25) is 0 Å². The SMILES string of the molecule is COc1ccc(/C(=C/C(=O)[O-])c2cccc(Br)c2)cc1. The van der Waals surface area contributed by atoms with Crippen molar-refractivity contribution in [3.8, 4) is 5.75 Å². The van der Waals surface area contributed by atoms with Gasteiger partial charge in [0.1, 0.15) is 5.75 Å². The molecule has 4 heteroatoms. The molecule has 0 N–H and O–H groups in total. The number of aliphatic carboxylic acids is 1. The zero-order chi connectivity index (χ0) is 14.5. The molecule has 0 fully saturated rings. The van der Waals surface area contributed by atoms with Gasteiger partial charge in [-0.05, 0) is 47.0 Å². The summed E-state index contributed by atoms with van der Waals surface area (Å²) in [5.41, 5.74) is 2.18. The molecule has 3 nitrogen and oxygen atoms in total. The van der Waals surface area contributed by atoms with Crippen molar-refractivity contribution in [2.24, 2.45) is 0 Å². The van der Waals surface area contributed by atoms with Crippen LogP contribution in [-0.2, 0) is 4.79 Å². The van der Waals surface area contributed by atoms with Crippen LogP contribution in [-0.4, -0.2) is 13.1 Å². The van der Waals surface area contributed by atoms with E-state index in [1.807, 2.05) is 36.4 Å². The van der Waals surface area contributed by atoms with E-state index in [1.165, 1.54) is 0 Å². The van der Waals surface area contributed by atoms with Crippen LogP contribution in [0.3, 0.4) is 0 Å². The Morgan fingerprint density at radius 3 is 2.40 bits per heavy atom. The lowest BCUT2D eigenvalue weighted by Gasteiger charge is -2.10.